The summed E-state index contributed by atoms with van der Waals surface area (Å²) in [6.45, 7) is 10.6. The van der Waals surface area contributed by atoms with Gasteiger partial charge in [-0.15, -0.1) is 0 Å². The van der Waals surface area contributed by atoms with E-state index in [1.807, 2.05) is 70.2 Å². The lowest BCUT2D eigenvalue weighted by atomic mass is 10.1. The third-order valence-electron chi connectivity index (χ3n) is 4.83. The summed E-state index contributed by atoms with van der Waals surface area (Å²) in [5.74, 6) is 0.313. The van der Waals surface area contributed by atoms with Gasteiger partial charge in [0.05, 0.1) is 0 Å². The number of amides is 2. The van der Waals surface area contributed by atoms with Crippen molar-refractivity contribution in [3.05, 3.63) is 64.7 Å². The summed E-state index contributed by atoms with van der Waals surface area (Å²) in [6, 6.07) is 13.2. The maximum Gasteiger partial charge on any atom is 0.261 e. The number of nitrogens with one attached hydrogen (secondary N) is 1. The van der Waals surface area contributed by atoms with E-state index in [-0.39, 0.29) is 18.4 Å². The fourth-order valence-electron chi connectivity index (χ4n) is 3.17. The molecule has 2 aromatic carbocycles. The standard InChI is InChI=1S/C24H32N2O3/c1-6-12-25-24(28)20(5)26(15-21-9-7-8-17(2)14-21)23(27)16-29-22-11-10-18(3)13-19(22)4/h7-11,13-14,20H,6,12,15-16H2,1-5H3,(H,25,28). The van der Waals surface area contributed by atoms with Crippen LogP contribution in [0, 0.1) is 20.8 Å². The number of ether oxygens (including phenoxy) is 1. The Labute approximate surface area is 174 Å². The van der Waals surface area contributed by atoms with Gasteiger partial charge in [0, 0.05) is 13.1 Å². The maximum absolute atomic E-state index is 13.0. The van der Waals surface area contributed by atoms with E-state index in [9.17, 15) is 9.59 Å². The number of hydrogen-bond acceptors (Lipinski definition) is 3. The molecule has 1 atom stereocenters. The fourth-order valence-corrected chi connectivity index (χ4v) is 3.17. The molecule has 0 saturated heterocycles. The summed E-state index contributed by atoms with van der Waals surface area (Å²) in [6.07, 6.45) is 0.847. The van der Waals surface area contributed by atoms with E-state index in [2.05, 4.69) is 5.32 Å². The zero-order chi connectivity index (χ0) is 21.4. The number of aryl methyl sites for hydroxylation is 3. The lowest BCUT2D eigenvalue weighted by Crippen LogP contribution is -2.49. The topological polar surface area (TPSA) is 58.6 Å². The summed E-state index contributed by atoms with van der Waals surface area (Å²) in [5.41, 5.74) is 4.23. The van der Waals surface area contributed by atoms with Crippen molar-refractivity contribution >= 4 is 11.8 Å². The molecule has 0 aliphatic rings. The molecule has 2 rings (SSSR count). The van der Waals surface area contributed by atoms with Crippen LogP contribution in [-0.4, -0.2) is 35.9 Å². The van der Waals surface area contributed by atoms with Gasteiger partial charge in [0.2, 0.25) is 5.91 Å². The quantitative estimate of drug-likeness (QED) is 0.699. The highest BCUT2D eigenvalue weighted by Crippen LogP contribution is 2.19. The van der Waals surface area contributed by atoms with Gasteiger partial charge in [-0.3, -0.25) is 9.59 Å². The van der Waals surface area contributed by atoms with Crippen LogP contribution >= 0.6 is 0 Å². The average molecular weight is 397 g/mol. The Hall–Kier alpha value is -2.82. The van der Waals surface area contributed by atoms with Gasteiger partial charge in [0.15, 0.2) is 6.61 Å². The van der Waals surface area contributed by atoms with E-state index in [1.165, 1.54) is 0 Å². The van der Waals surface area contributed by atoms with Gasteiger partial charge in [-0.05, 0) is 51.3 Å². The Balaban J connectivity index is 2.15. The van der Waals surface area contributed by atoms with Gasteiger partial charge in [-0.25, -0.2) is 0 Å². The second-order valence-corrected chi connectivity index (χ2v) is 7.54. The predicted octanol–water partition coefficient (Wildman–Crippen LogP) is 3.93. The molecule has 2 aromatic rings. The largest absolute Gasteiger partial charge is 0.483 e. The third kappa shape index (κ3) is 6.63. The summed E-state index contributed by atoms with van der Waals surface area (Å²) < 4.78 is 5.78. The van der Waals surface area contributed by atoms with Crippen molar-refractivity contribution in [2.45, 2.75) is 53.6 Å². The van der Waals surface area contributed by atoms with Gasteiger partial charge >= 0.3 is 0 Å². The molecule has 29 heavy (non-hydrogen) atoms. The molecule has 156 valence electrons. The van der Waals surface area contributed by atoms with Crippen LogP contribution in [0.1, 0.15) is 42.5 Å². The van der Waals surface area contributed by atoms with Crippen LogP contribution in [0.2, 0.25) is 0 Å². The summed E-state index contributed by atoms with van der Waals surface area (Å²) in [4.78, 5) is 27.1. The first-order valence-electron chi connectivity index (χ1n) is 10.1. The zero-order valence-corrected chi connectivity index (χ0v) is 18.1. The zero-order valence-electron chi connectivity index (χ0n) is 18.1. The van der Waals surface area contributed by atoms with Gasteiger partial charge in [0.25, 0.3) is 5.91 Å². The highest BCUT2D eigenvalue weighted by molar-refractivity contribution is 5.87. The lowest BCUT2D eigenvalue weighted by molar-refractivity contribution is -0.142. The smallest absolute Gasteiger partial charge is 0.261 e. The Kier molecular flexibility index (Phi) is 8.25. The molecular formula is C24H32N2O3. The van der Waals surface area contributed by atoms with Crippen molar-refractivity contribution < 1.29 is 14.3 Å². The minimum atomic E-state index is -0.586. The molecule has 0 spiro atoms. The van der Waals surface area contributed by atoms with E-state index in [1.54, 1.807) is 11.8 Å². The Morgan fingerprint density at radius 2 is 1.79 bits per heavy atom. The first kappa shape index (κ1) is 22.5. The van der Waals surface area contributed by atoms with Crippen molar-refractivity contribution in [3.63, 3.8) is 0 Å². The number of carbonyl (C=O) groups excluding carboxylic acids is 2. The first-order valence-corrected chi connectivity index (χ1v) is 10.1. The van der Waals surface area contributed by atoms with E-state index < -0.39 is 6.04 Å². The molecule has 0 aliphatic carbocycles. The van der Waals surface area contributed by atoms with Crippen LogP contribution in [0.4, 0.5) is 0 Å². The molecule has 0 bridgehead atoms. The minimum Gasteiger partial charge on any atom is -0.483 e. The van der Waals surface area contributed by atoms with Gasteiger partial charge < -0.3 is 15.0 Å². The Bertz CT molecular complexity index is 848. The summed E-state index contributed by atoms with van der Waals surface area (Å²) in [7, 11) is 0. The molecule has 2 amide bonds. The predicted molar refractivity (Wildman–Crippen MR) is 116 cm³/mol. The summed E-state index contributed by atoms with van der Waals surface area (Å²) >= 11 is 0. The molecule has 0 aromatic heterocycles. The van der Waals surface area contributed by atoms with Crippen molar-refractivity contribution in [3.8, 4) is 5.75 Å². The molecule has 0 heterocycles. The van der Waals surface area contributed by atoms with Crippen molar-refractivity contribution in [1.82, 2.24) is 10.2 Å². The average Bonchev–Trinajstić information content (AvgIpc) is 2.69. The third-order valence-corrected chi connectivity index (χ3v) is 4.83. The number of hydrogen-bond donors (Lipinski definition) is 1. The number of rotatable bonds is 9. The normalized spacial score (nSPS) is 11.6. The molecule has 0 aliphatic heterocycles. The first-order chi connectivity index (χ1) is 13.8. The van der Waals surface area contributed by atoms with E-state index in [4.69, 9.17) is 4.74 Å². The van der Waals surface area contributed by atoms with E-state index >= 15 is 0 Å². The summed E-state index contributed by atoms with van der Waals surface area (Å²) in [5, 5.41) is 2.88. The highest BCUT2D eigenvalue weighted by atomic mass is 16.5. The molecule has 0 saturated carbocycles. The van der Waals surface area contributed by atoms with Crippen LogP contribution in [0.15, 0.2) is 42.5 Å². The number of benzene rings is 2. The fraction of sp³-hybridized carbons (Fsp3) is 0.417. The maximum atomic E-state index is 13.0. The molecule has 1 N–H and O–H groups in total. The molecule has 5 nitrogen and oxygen atoms in total. The number of carbonyl (C=O) groups is 2. The van der Waals surface area contributed by atoms with Crippen LogP contribution < -0.4 is 10.1 Å². The minimum absolute atomic E-state index is 0.110. The van der Waals surface area contributed by atoms with Gasteiger partial charge in [0.1, 0.15) is 11.8 Å². The van der Waals surface area contributed by atoms with Crippen molar-refractivity contribution in [1.29, 1.82) is 0 Å². The van der Waals surface area contributed by atoms with Crippen LogP contribution in [0.3, 0.4) is 0 Å². The van der Waals surface area contributed by atoms with Crippen molar-refractivity contribution in [2.75, 3.05) is 13.2 Å². The Morgan fingerprint density at radius 3 is 2.45 bits per heavy atom. The lowest BCUT2D eigenvalue weighted by Gasteiger charge is -2.29. The van der Waals surface area contributed by atoms with E-state index in [0.29, 0.717) is 18.8 Å². The molecule has 0 radical (unpaired) electrons. The van der Waals surface area contributed by atoms with E-state index in [0.717, 1.165) is 28.7 Å². The Morgan fingerprint density at radius 1 is 1.07 bits per heavy atom. The molecular weight excluding hydrogens is 364 g/mol. The molecule has 0 fully saturated rings. The molecule has 5 heteroatoms. The second-order valence-electron chi connectivity index (χ2n) is 7.54. The van der Waals surface area contributed by atoms with Crippen LogP contribution in [0.5, 0.6) is 5.75 Å². The second kappa shape index (κ2) is 10.6. The van der Waals surface area contributed by atoms with Gasteiger partial charge in [-0.1, -0.05) is 54.4 Å². The number of nitrogens with zero attached hydrogens (tertiary/aromatic N) is 1. The SMILES string of the molecule is CCCNC(=O)C(C)N(Cc1cccc(C)c1)C(=O)COc1ccc(C)cc1C. The highest BCUT2D eigenvalue weighted by Gasteiger charge is 2.26. The molecule has 1 unspecified atom stereocenters. The monoisotopic (exact) mass is 396 g/mol. The van der Waals surface area contributed by atoms with Crippen molar-refractivity contribution in [2.24, 2.45) is 0 Å². The van der Waals surface area contributed by atoms with Gasteiger partial charge in [-0.2, -0.15) is 0 Å². The van der Waals surface area contributed by atoms with Crippen LogP contribution in [-0.2, 0) is 16.1 Å². The van der Waals surface area contributed by atoms with Crippen LogP contribution in [0.25, 0.3) is 0 Å².